The lowest BCUT2D eigenvalue weighted by Gasteiger charge is -2.39. The van der Waals surface area contributed by atoms with Gasteiger partial charge in [0.2, 0.25) is 0 Å². The van der Waals surface area contributed by atoms with E-state index >= 15 is 0 Å². The normalized spacial score (nSPS) is 14.3. The molecule has 2 aromatic heterocycles. The number of piperazine rings is 1. The molecule has 6 heteroatoms. The van der Waals surface area contributed by atoms with E-state index in [2.05, 4.69) is 39.8 Å². The fraction of sp³-hybridized carbons (Fsp3) is 0.320. The van der Waals surface area contributed by atoms with E-state index in [-0.39, 0.29) is 10.7 Å². The maximum atomic E-state index is 14.8. The largest absolute Gasteiger partial charge is 0.372 e. The second-order valence-corrected chi connectivity index (χ2v) is 8.39. The summed E-state index contributed by atoms with van der Waals surface area (Å²) in [7, 11) is 0. The number of nitrogens with zero attached hydrogens (tertiary/aromatic N) is 3. The summed E-state index contributed by atoms with van der Waals surface area (Å²) in [6, 6.07) is 7.51. The lowest BCUT2D eigenvalue weighted by molar-refractivity contribution is 0.209. The van der Waals surface area contributed by atoms with Crippen LogP contribution in [-0.4, -0.2) is 45.9 Å². The molecule has 1 aromatic carbocycles. The van der Waals surface area contributed by atoms with Crippen LogP contribution in [0.15, 0.2) is 55.5 Å². The first-order chi connectivity index (χ1) is 15.0. The third-order valence-electron chi connectivity index (χ3n) is 6.00. The Balaban J connectivity index is 1.54. The van der Waals surface area contributed by atoms with E-state index in [0.29, 0.717) is 16.5 Å². The summed E-state index contributed by atoms with van der Waals surface area (Å²) in [6.07, 6.45) is 6.89. The quantitative estimate of drug-likeness (QED) is 0.469. The zero-order valence-electron chi connectivity index (χ0n) is 17.9. The van der Waals surface area contributed by atoms with Crippen molar-refractivity contribution in [2.24, 2.45) is 0 Å². The second kappa shape index (κ2) is 9.15. The smallest absolute Gasteiger partial charge is 0.168 e. The molecular weight excluding hydrogens is 411 g/mol. The molecule has 0 radical (unpaired) electrons. The van der Waals surface area contributed by atoms with Crippen LogP contribution in [0.2, 0.25) is 5.02 Å². The highest BCUT2D eigenvalue weighted by Gasteiger charge is 2.21. The lowest BCUT2D eigenvalue weighted by atomic mass is 10.1. The molecule has 3 aromatic rings. The van der Waals surface area contributed by atoms with E-state index in [1.807, 2.05) is 18.2 Å². The first-order valence-corrected chi connectivity index (χ1v) is 11.2. The van der Waals surface area contributed by atoms with Crippen molar-refractivity contribution in [2.75, 3.05) is 26.2 Å². The molecule has 1 aliphatic heterocycles. The number of aromatic amines is 1. The topological polar surface area (TPSA) is 35.2 Å². The molecule has 1 fully saturated rings. The number of unbranched alkanes of at least 4 members (excludes halogenated alkanes) is 1. The van der Waals surface area contributed by atoms with E-state index in [4.69, 9.17) is 11.6 Å². The zero-order chi connectivity index (χ0) is 22.0. The van der Waals surface area contributed by atoms with Gasteiger partial charge in [0.25, 0.3) is 0 Å². The van der Waals surface area contributed by atoms with Gasteiger partial charge in [0.15, 0.2) is 5.82 Å². The van der Waals surface area contributed by atoms with Crippen LogP contribution in [0.5, 0.6) is 0 Å². The van der Waals surface area contributed by atoms with Crippen molar-refractivity contribution in [1.82, 2.24) is 19.8 Å². The molecule has 1 saturated heterocycles. The van der Waals surface area contributed by atoms with Gasteiger partial charge in [-0.1, -0.05) is 50.2 Å². The third kappa shape index (κ3) is 4.33. The molecular formula is C25H28ClFN4. The standard InChI is InChI=1S/C25H28ClFN4/c1-4-5-6-17(2)30-11-13-31(14-12-30)18(3)19-7-8-21-22(15-19)29-25(24(27)23(21)26)20-9-10-28-16-20/h7-10,15-16,28H,2-6,11-14H2,1H3. The predicted molar refractivity (Wildman–Crippen MR) is 127 cm³/mol. The van der Waals surface area contributed by atoms with Crippen LogP contribution < -0.4 is 0 Å². The molecule has 0 unspecified atom stereocenters. The molecule has 4 rings (SSSR count). The lowest BCUT2D eigenvalue weighted by Crippen LogP contribution is -2.44. The van der Waals surface area contributed by atoms with Crippen LogP contribution in [0.4, 0.5) is 4.39 Å². The van der Waals surface area contributed by atoms with Crippen molar-refractivity contribution in [3.63, 3.8) is 0 Å². The average molecular weight is 439 g/mol. The first kappa shape index (κ1) is 21.4. The number of H-pyrrole nitrogens is 1. The number of rotatable bonds is 7. The summed E-state index contributed by atoms with van der Waals surface area (Å²) >= 11 is 6.34. The number of benzene rings is 1. The maximum absolute atomic E-state index is 14.8. The van der Waals surface area contributed by atoms with E-state index in [9.17, 15) is 4.39 Å². The molecule has 0 aliphatic carbocycles. The van der Waals surface area contributed by atoms with Crippen molar-refractivity contribution in [3.8, 4) is 11.3 Å². The fourth-order valence-electron chi connectivity index (χ4n) is 4.06. The van der Waals surface area contributed by atoms with Crippen LogP contribution in [-0.2, 0) is 0 Å². The van der Waals surface area contributed by atoms with Crippen LogP contribution in [0.3, 0.4) is 0 Å². The number of nitrogens with one attached hydrogen (secondary N) is 1. The van der Waals surface area contributed by atoms with Crippen molar-refractivity contribution < 1.29 is 4.39 Å². The molecule has 162 valence electrons. The van der Waals surface area contributed by atoms with E-state index in [1.165, 1.54) is 18.5 Å². The number of halogens is 2. The molecule has 1 aliphatic rings. The highest BCUT2D eigenvalue weighted by atomic mass is 35.5. The summed E-state index contributed by atoms with van der Waals surface area (Å²) in [5.74, 6) is -0.500. The van der Waals surface area contributed by atoms with Gasteiger partial charge < -0.3 is 14.8 Å². The number of hydrogen-bond acceptors (Lipinski definition) is 3. The Bertz CT molecular complexity index is 1100. The molecule has 0 bridgehead atoms. The zero-order valence-corrected chi connectivity index (χ0v) is 18.7. The average Bonchev–Trinajstić information content (AvgIpc) is 3.34. The summed E-state index contributed by atoms with van der Waals surface area (Å²) < 4.78 is 14.8. The maximum Gasteiger partial charge on any atom is 0.168 e. The number of allylic oxidation sites excluding steroid dienone is 1. The Morgan fingerprint density at radius 2 is 1.90 bits per heavy atom. The Morgan fingerprint density at radius 1 is 1.16 bits per heavy atom. The highest BCUT2D eigenvalue weighted by Crippen LogP contribution is 2.33. The number of fused-ring (bicyclic) bond motifs is 1. The fourth-order valence-corrected chi connectivity index (χ4v) is 4.31. The Kier molecular flexibility index (Phi) is 6.33. The minimum absolute atomic E-state index is 0.0950. The molecule has 0 saturated carbocycles. The van der Waals surface area contributed by atoms with Gasteiger partial charge in [-0.2, -0.15) is 0 Å². The summed E-state index contributed by atoms with van der Waals surface area (Å²) in [5.41, 5.74) is 4.74. The molecule has 1 N–H and O–H groups in total. The van der Waals surface area contributed by atoms with Gasteiger partial charge >= 0.3 is 0 Å². The molecule has 3 heterocycles. The number of aromatic nitrogens is 2. The molecule has 31 heavy (non-hydrogen) atoms. The van der Waals surface area contributed by atoms with Gasteiger partial charge in [-0.3, -0.25) is 0 Å². The van der Waals surface area contributed by atoms with E-state index in [0.717, 1.165) is 43.9 Å². The van der Waals surface area contributed by atoms with Gasteiger partial charge in [0, 0.05) is 60.9 Å². The predicted octanol–water partition coefficient (Wildman–Crippen LogP) is 6.31. The van der Waals surface area contributed by atoms with Crippen molar-refractivity contribution in [3.05, 3.63) is 71.9 Å². The third-order valence-corrected chi connectivity index (χ3v) is 6.37. The van der Waals surface area contributed by atoms with Gasteiger partial charge in [0.1, 0.15) is 5.69 Å². The van der Waals surface area contributed by atoms with Gasteiger partial charge in [-0.25, -0.2) is 9.37 Å². The Hall–Kier alpha value is -2.79. The van der Waals surface area contributed by atoms with Crippen molar-refractivity contribution >= 4 is 28.2 Å². The Labute approximate surface area is 188 Å². The minimum Gasteiger partial charge on any atom is -0.372 e. The first-order valence-electron chi connectivity index (χ1n) is 10.8. The second-order valence-electron chi connectivity index (χ2n) is 8.01. The van der Waals surface area contributed by atoms with E-state index < -0.39 is 5.82 Å². The van der Waals surface area contributed by atoms with E-state index in [1.54, 1.807) is 18.5 Å². The summed E-state index contributed by atoms with van der Waals surface area (Å²) in [4.78, 5) is 12.2. The SMILES string of the molecule is C=C(CCCC)N1CCN(C(=C)c2ccc3c(Cl)c(F)c(-c4cc[nH]c4)nc3c2)CC1. The number of hydrogen-bond donors (Lipinski definition) is 1. The van der Waals surface area contributed by atoms with Crippen LogP contribution >= 0.6 is 11.6 Å². The molecule has 0 atom stereocenters. The van der Waals surface area contributed by atoms with Crippen molar-refractivity contribution in [1.29, 1.82) is 0 Å². The minimum atomic E-state index is -0.500. The summed E-state index contributed by atoms with van der Waals surface area (Å²) in [6.45, 7) is 14.5. The molecule has 0 amide bonds. The Morgan fingerprint density at radius 3 is 2.58 bits per heavy atom. The number of pyridine rings is 1. The van der Waals surface area contributed by atoms with Gasteiger partial charge in [-0.15, -0.1) is 0 Å². The van der Waals surface area contributed by atoms with Crippen molar-refractivity contribution in [2.45, 2.75) is 26.2 Å². The molecule has 0 spiro atoms. The summed E-state index contributed by atoms with van der Waals surface area (Å²) in [5, 5.41) is 0.699. The van der Waals surface area contributed by atoms with Gasteiger partial charge in [0.05, 0.1) is 10.5 Å². The molecule has 4 nitrogen and oxygen atoms in total. The van der Waals surface area contributed by atoms with Crippen LogP contribution in [0.1, 0.15) is 31.7 Å². The van der Waals surface area contributed by atoms with Crippen LogP contribution in [0.25, 0.3) is 27.9 Å². The monoisotopic (exact) mass is 438 g/mol. The van der Waals surface area contributed by atoms with Gasteiger partial charge in [-0.05, 0) is 30.5 Å². The highest BCUT2D eigenvalue weighted by molar-refractivity contribution is 6.35. The van der Waals surface area contributed by atoms with Crippen LogP contribution in [0, 0.1) is 5.82 Å².